The van der Waals surface area contributed by atoms with Crippen LogP contribution in [0.4, 0.5) is 0 Å². The van der Waals surface area contributed by atoms with Crippen LogP contribution in [0.1, 0.15) is 70.2 Å². The first-order valence-electron chi connectivity index (χ1n) is 21.6. The van der Waals surface area contributed by atoms with Crippen LogP contribution in [0.3, 0.4) is 0 Å². The van der Waals surface area contributed by atoms with E-state index in [1.807, 2.05) is 80.6 Å². The van der Waals surface area contributed by atoms with Crippen molar-refractivity contribution >= 4 is 46.8 Å². The molecule has 7 aromatic carbocycles. The number of nitrogens with zero attached hydrogens (tertiary/aromatic N) is 2. The van der Waals surface area contributed by atoms with Gasteiger partial charge in [-0.05, 0) is 107 Å². The van der Waals surface area contributed by atoms with E-state index in [9.17, 15) is 5.26 Å². The van der Waals surface area contributed by atoms with Crippen molar-refractivity contribution in [3.63, 3.8) is 0 Å². The fraction of sp³-hybridized carbons (Fsp3) is 0.321. The zero-order chi connectivity index (χ0) is 44.7. The summed E-state index contributed by atoms with van der Waals surface area (Å²) >= 11 is 0. The van der Waals surface area contributed by atoms with Crippen molar-refractivity contribution in [1.82, 2.24) is 9.99 Å². The summed E-state index contributed by atoms with van der Waals surface area (Å²) in [6.45, 7) is 12.9. The van der Waals surface area contributed by atoms with Crippen LogP contribution >= 0.6 is 8.53 Å². The molecule has 1 N–H and O–H groups in total. The lowest BCUT2D eigenvalue weighted by Gasteiger charge is -2.43. The molecule has 2 atom stereocenters. The second kappa shape index (κ2) is 19.8. The maximum Gasteiger partial charge on any atom is 0.260 e. The van der Waals surface area contributed by atoms with Crippen molar-refractivity contribution in [1.29, 1.82) is 5.26 Å². The molecular weight excluding hydrogens is 806 g/mol. The molecule has 326 valence electrons. The monoisotopic (exact) mass is 863 g/mol. The molecule has 0 aliphatic heterocycles. The van der Waals surface area contributed by atoms with Gasteiger partial charge in [-0.2, -0.15) is 5.26 Å². The van der Waals surface area contributed by atoms with Crippen molar-refractivity contribution in [3.8, 4) is 17.6 Å². The fourth-order valence-corrected chi connectivity index (χ4v) is 10.5. The first-order chi connectivity index (χ1) is 30.4. The van der Waals surface area contributed by atoms with Crippen LogP contribution < -0.4 is 14.8 Å². The molecule has 0 heterocycles. The van der Waals surface area contributed by atoms with E-state index in [0.717, 1.165) is 44.5 Å². The number of methoxy groups -OCH3 is 2. The molecule has 63 heavy (non-hydrogen) atoms. The predicted molar refractivity (Wildman–Crippen MR) is 254 cm³/mol. The van der Waals surface area contributed by atoms with E-state index >= 15 is 4.79 Å². The van der Waals surface area contributed by atoms with Gasteiger partial charge in [0.15, 0.2) is 6.10 Å². The van der Waals surface area contributed by atoms with Gasteiger partial charge in [0.05, 0.1) is 39.9 Å². The van der Waals surface area contributed by atoms with Crippen LogP contribution in [0.2, 0.25) is 0 Å². The topological polar surface area (TPSA) is 102 Å². The molecule has 0 spiro atoms. The maximum atomic E-state index is 15.1. The average molecular weight is 864 g/mol. The second-order valence-electron chi connectivity index (χ2n) is 17.1. The third kappa shape index (κ3) is 9.53. The van der Waals surface area contributed by atoms with E-state index in [0.29, 0.717) is 0 Å². The molecule has 7 rings (SSSR count). The van der Waals surface area contributed by atoms with Crippen LogP contribution in [0.25, 0.3) is 32.3 Å². The molecule has 0 bridgehead atoms. The van der Waals surface area contributed by atoms with E-state index in [1.54, 1.807) is 14.2 Å². The highest BCUT2D eigenvalue weighted by atomic mass is 31.2. The lowest BCUT2D eigenvalue weighted by atomic mass is 9.79. The maximum absolute atomic E-state index is 15.1. The second-order valence-corrected chi connectivity index (χ2v) is 18.5. The van der Waals surface area contributed by atoms with Gasteiger partial charge in [0.25, 0.3) is 14.4 Å². The summed E-state index contributed by atoms with van der Waals surface area (Å²) in [5.74, 6) is 1.14. The van der Waals surface area contributed by atoms with Gasteiger partial charge >= 0.3 is 0 Å². The van der Waals surface area contributed by atoms with Gasteiger partial charge in [-0.3, -0.25) is 4.79 Å². The first-order valence-corrected chi connectivity index (χ1v) is 22.7. The van der Waals surface area contributed by atoms with Crippen molar-refractivity contribution in [3.05, 3.63) is 156 Å². The largest absolute Gasteiger partial charge is 0.497 e. The van der Waals surface area contributed by atoms with Gasteiger partial charge in [-0.25, -0.2) is 4.67 Å². The number of rotatable bonds is 20. The van der Waals surface area contributed by atoms with Gasteiger partial charge < -0.3 is 28.6 Å². The summed E-state index contributed by atoms with van der Waals surface area (Å²) in [7, 11) is 1.48. The van der Waals surface area contributed by atoms with Crippen LogP contribution in [0.15, 0.2) is 133 Å². The Labute approximate surface area is 373 Å². The average Bonchev–Trinajstić information content (AvgIpc) is 3.30. The lowest BCUT2D eigenvalue weighted by molar-refractivity contribution is -0.139. The SMILES string of the molecule is COc1ccc(C(OCC(C)(C)[C@@H](OP(OCCC#N)N(C(C)C)C(C)C)C(=O)NCc2ccc3ccc4cccc5ccc2c3c45)(c2ccccc2)c2ccc(OC)cc2)cc1. The summed E-state index contributed by atoms with van der Waals surface area (Å²) in [4.78, 5) is 15.1. The number of nitriles is 1. The Morgan fingerprint density at radius 3 is 1.79 bits per heavy atom. The molecule has 0 radical (unpaired) electrons. The number of carbonyl (C=O) groups excluding carboxylic acids is 1. The highest BCUT2D eigenvalue weighted by molar-refractivity contribution is 7.44. The van der Waals surface area contributed by atoms with E-state index in [4.69, 9.17) is 23.3 Å². The van der Waals surface area contributed by atoms with E-state index in [2.05, 4.69) is 110 Å². The summed E-state index contributed by atoms with van der Waals surface area (Å²) in [6, 6.07) is 47.4. The third-order valence-electron chi connectivity index (χ3n) is 11.7. The molecule has 0 saturated carbocycles. The molecule has 0 aliphatic carbocycles. The Bertz CT molecular complexity index is 2570. The minimum atomic E-state index is -1.82. The molecule has 0 aliphatic rings. The highest BCUT2D eigenvalue weighted by Crippen LogP contribution is 2.50. The van der Waals surface area contributed by atoms with Gasteiger partial charge in [-0.1, -0.05) is 123 Å². The number of hydrogen-bond donors (Lipinski definition) is 1. The Morgan fingerprint density at radius 2 is 1.24 bits per heavy atom. The van der Waals surface area contributed by atoms with Crippen LogP contribution in [-0.2, 0) is 30.7 Å². The molecule has 9 nitrogen and oxygen atoms in total. The minimum absolute atomic E-state index is 0.0225. The summed E-state index contributed by atoms with van der Waals surface area (Å²) < 4.78 is 34.2. The molecule has 0 aromatic heterocycles. The van der Waals surface area contributed by atoms with Crippen LogP contribution in [0, 0.1) is 16.7 Å². The van der Waals surface area contributed by atoms with E-state index < -0.39 is 25.6 Å². The smallest absolute Gasteiger partial charge is 0.260 e. The predicted octanol–water partition coefficient (Wildman–Crippen LogP) is 11.9. The molecule has 1 unspecified atom stereocenters. The molecule has 7 aromatic rings. The van der Waals surface area contributed by atoms with Gasteiger partial charge in [0.2, 0.25) is 0 Å². The summed E-state index contributed by atoms with van der Waals surface area (Å²) in [5, 5.41) is 19.8. The zero-order valence-corrected chi connectivity index (χ0v) is 38.4. The van der Waals surface area contributed by atoms with E-state index in [-0.39, 0.29) is 44.2 Å². The Kier molecular flexibility index (Phi) is 14.3. The Hall–Kier alpha value is -5.59. The molecule has 1 amide bonds. The molecule has 0 fully saturated rings. The van der Waals surface area contributed by atoms with Crippen LogP contribution in [0.5, 0.6) is 11.5 Å². The Balaban J connectivity index is 1.29. The number of nitrogens with one attached hydrogen (secondary N) is 1. The van der Waals surface area contributed by atoms with Crippen molar-refractivity contribution in [2.75, 3.05) is 27.4 Å². The van der Waals surface area contributed by atoms with Crippen molar-refractivity contribution < 1.29 is 28.1 Å². The molecular formula is C53H58N3O6P. The van der Waals surface area contributed by atoms with Crippen molar-refractivity contribution in [2.24, 2.45) is 5.41 Å². The standard InChI is InChI=1S/C53H58N3O6P/c1-36(2)56(37(3)4)63(61-33-13-32-54)62-50(51(57)55-34-41-21-20-40-19-18-38-14-12-15-39-22-31-47(41)49(40)48(38)39)52(5,6)35-60-53(42-16-10-9-11-17-42,43-23-27-45(58-7)28-24-43)44-25-29-46(59-8)30-26-44/h9-12,14-31,36-37,50H,13,33-35H2,1-8H3,(H,55,57)/t50-,63?/m0/s1. The quantitative estimate of drug-likeness (QED) is 0.0350. The molecule has 0 saturated heterocycles. The minimum Gasteiger partial charge on any atom is -0.497 e. The number of hydrogen-bond acceptors (Lipinski definition) is 8. The number of benzene rings is 7. The number of amides is 1. The first kappa shape index (κ1) is 45.4. The Morgan fingerprint density at radius 1 is 0.698 bits per heavy atom. The molecule has 10 heteroatoms. The number of carbonyl (C=O) groups is 1. The fourth-order valence-electron chi connectivity index (χ4n) is 8.60. The van der Waals surface area contributed by atoms with Crippen molar-refractivity contribution in [2.45, 2.75) is 78.3 Å². The van der Waals surface area contributed by atoms with Gasteiger partial charge in [-0.15, -0.1) is 0 Å². The highest BCUT2D eigenvalue weighted by Gasteiger charge is 2.45. The normalized spacial score (nSPS) is 13.2. The van der Waals surface area contributed by atoms with E-state index in [1.165, 1.54) is 21.5 Å². The summed E-state index contributed by atoms with van der Waals surface area (Å²) in [5.41, 5.74) is 1.57. The zero-order valence-electron chi connectivity index (χ0n) is 37.6. The van der Waals surface area contributed by atoms with Crippen LogP contribution in [-0.4, -0.2) is 56.2 Å². The lowest BCUT2D eigenvalue weighted by Crippen LogP contribution is -2.49. The third-order valence-corrected chi connectivity index (χ3v) is 13.8. The van der Waals surface area contributed by atoms with Gasteiger partial charge in [0.1, 0.15) is 17.1 Å². The number of ether oxygens (including phenoxy) is 3. The van der Waals surface area contributed by atoms with Gasteiger partial charge in [0, 0.05) is 24.0 Å². The summed E-state index contributed by atoms with van der Waals surface area (Å²) in [6.07, 6.45) is -0.862.